The van der Waals surface area contributed by atoms with Crippen molar-refractivity contribution < 1.29 is 4.74 Å². The average Bonchev–Trinajstić information content (AvgIpc) is 2.94. The molecule has 7 heteroatoms. The molecule has 1 aromatic carbocycles. The van der Waals surface area contributed by atoms with E-state index < -0.39 is 0 Å². The zero-order valence-corrected chi connectivity index (χ0v) is 14.2. The molecule has 120 valence electrons. The van der Waals surface area contributed by atoms with Crippen molar-refractivity contribution in [3.05, 3.63) is 51.9 Å². The molecule has 0 aliphatic rings. The van der Waals surface area contributed by atoms with E-state index in [1.165, 1.54) is 16.0 Å². The quantitative estimate of drug-likeness (QED) is 0.562. The van der Waals surface area contributed by atoms with Gasteiger partial charge in [-0.3, -0.25) is 4.79 Å². The molecule has 24 heavy (non-hydrogen) atoms. The fraction of sp³-hybridized carbons (Fsp3) is 0.176. The largest absolute Gasteiger partial charge is 0.497 e. The average molecular weight is 338 g/mol. The van der Waals surface area contributed by atoms with Crippen molar-refractivity contribution in [3.8, 4) is 11.4 Å². The van der Waals surface area contributed by atoms with E-state index in [0.717, 1.165) is 21.5 Å². The lowest BCUT2D eigenvalue weighted by Crippen LogP contribution is -2.21. The Labute approximate surface area is 141 Å². The van der Waals surface area contributed by atoms with Gasteiger partial charge in [0, 0.05) is 17.1 Å². The normalized spacial score (nSPS) is 11.3. The molecule has 0 fully saturated rings. The molecule has 3 heterocycles. The minimum Gasteiger partial charge on any atom is -0.497 e. The van der Waals surface area contributed by atoms with Gasteiger partial charge in [0.1, 0.15) is 20.8 Å². The molecule has 4 aromatic rings. The maximum atomic E-state index is 12.9. The topological polar surface area (TPSA) is 69.9 Å². The summed E-state index contributed by atoms with van der Waals surface area (Å²) in [5, 5.41) is 9.32. The number of hydrogen-bond donors (Lipinski definition) is 0. The number of aromatic nitrogens is 4. The molecule has 0 radical (unpaired) electrons. The molecule has 0 atom stereocenters. The van der Waals surface area contributed by atoms with E-state index in [4.69, 9.17) is 4.74 Å². The molecule has 3 aromatic heterocycles. The first kappa shape index (κ1) is 14.8. The number of rotatable bonds is 2. The molecular formula is C17H14N4O2S. The number of nitrogens with zero attached hydrogens (tertiary/aromatic N) is 4. The highest BCUT2D eigenvalue weighted by Crippen LogP contribution is 2.31. The minimum absolute atomic E-state index is 0.201. The highest BCUT2D eigenvalue weighted by atomic mass is 32.1. The van der Waals surface area contributed by atoms with Gasteiger partial charge < -0.3 is 4.74 Å². The van der Waals surface area contributed by atoms with Crippen LogP contribution < -0.4 is 10.3 Å². The molecule has 0 aliphatic heterocycles. The van der Waals surface area contributed by atoms with Crippen molar-refractivity contribution in [3.63, 3.8) is 0 Å². The molecule has 0 aliphatic carbocycles. The molecule has 0 N–H and O–H groups in total. The minimum atomic E-state index is -0.201. The summed E-state index contributed by atoms with van der Waals surface area (Å²) in [5.41, 5.74) is 3.01. The van der Waals surface area contributed by atoms with Gasteiger partial charge in [0.25, 0.3) is 5.56 Å². The highest BCUT2D eigenvalue weighted by molar-refractivity contribution is 7.25. The second kappa shape index (κ2) is 5.38. The number of fused-ring (bicyclic) bond motifs is 3. The van der Waals surface area contributed by atoms with Crippen LogP contribution in [-0.4, -0.2) is 27.1 Å². The van der Waals surface area contributed by atoms with Crippen LogP contribution >= 0.6 is 11.3 Å². The third kappa shape index (κ3) is 2.16. The Kier molecular flexibility index (Phi) is 3.31. The number of aryl methyl sites for hydroxylation is 2. The van der Waals surface area contributed by atoms with Gasteiger partial charge in [0.05, 0.1) is 12.8 Å². The van der Waals surface area contributed by atoms with Crippen LogP contribution in [0.25, 0.3) is 26.1 Å². The first-order valence-electron chi connectivity index (χ1n) is 7.39. The van der Waals surface area contributed by atoms with Crippen LogP contribution in [0, 0.1) is 13.8 Å². The zero-order valence-electron chi connectivity index (χ0n) is 13.4. The van der Waals surface area contributed by atoms with Gasteiger partial charge in [0.15, 0.2) is 0 Å². The fourth-order valence-electron chi connectivity index (χ4n) is 2.80. The summed E-state index contributed by atoms with van der Waals surface area (Å²) in [5.74, 6) is 0.658. The van der Waals surface area contributed by atoms with Crippen LogP contribution in [0.1, 0.15) is 11.3 Å². The van der Waals surface area contributed by atoms with Crippen LogP contribution in [0.15, 0.2) is 35.1 Å². The smallest absolute Gasteiger partial charge is 0.292 e. The summed E-state index contributed by atoms with van der Waals surface area (Å²) >= 11 is 1.36. The number of methoxy groups -OCH3 is 1. The van der Waals surface area contributed by atoms with E-state index in [9.17, 15) is 4.79 Å². The molecule has 4 rings (SSSR count). The summed E-state index contributed by atoms with van der Waals surface area (Å²) in [6.45, 7) is 3.94. The lowest BCUT2D eigenvalue weighted by molar-refractivity contribution is 0.414. The van der Waals surface area contributed by atoms with Gasteiger partial charge in [-0.25, -0.2) is 4.98 Å². The van der Waals surface area contributed by atoms with Crippen molar-refractivity contribution in [1.82, 2.24) is 20.0 Å². The SMILES string of the molecule is COc1cccc(-n2nnc3c(sc4nc(C)cc(C)c43)c2=O)c1. The highest BCUT2D eigenvalue weighted by Gasteiger charge is 2.16. The van der Waals surface area contributed by atoms with Crippen molar-refractivity contribution in [2.24, 2.45) is 0 Å². The number of hydrogen-bond acceptors (Lipinski definition) is 6. The monoisotopic (exact) mass is 338 g/mol. The predicted octanol–water partition coefficient (Wildman–Crippen LogP) is 3.02. The lowest BCUT2D eigenvalue weighted by atomic mass is 10.1. The van der Waals surface area contributed by atoms with E-state index in [1.54, 1.807) is 19.2 Å². The summed E-state index contributed by atoms with van der Waals surface area (Å²) in [4.78, 5) is 18.2. The molecular weight excluding hydrogens is 324 g/mol. The second-order valence-electron chi connectivity index (χ2n) is 5.55. The first-order valence-corrected chi connectivity index (χ1v) is 8.21. The van der Waals surface area contributed by atoms with Crippen molar-refractivity contribution in [2.45, 2.75) is 13.8 Å². The van der Waals surface area contributed by atoms with Crippen LogP contribution in [0.2, 0.25) is 0 Å². The number of pyridine rings is 1. The van der Waals surface area contributed by atoms with Crippen molar-refractivity contribution in [1.29, 1.82) is 0 Å². The van der Waals surface area contributed by atoms with E-state index in [2.05, 4.69) is 15.3 Å². The Hall–Kier alpha value is -2.80. The Morgan fingerprint density at radius 2 is 2.04 bits per heavy atom. The molecule has 0 saturated carbocycles. The number of benzene rings is 1. The Morgan fingerprint density at radius 3 is 2.83 bits per heavy atom. The first-order chi connectivity index (χ1) is 11.6. The van der Waals surface area contributed by atoms with Gasteiger partial charge in [-0.1, -0.05) is 11.3 Å². The van der Waals surface area contributed by atoms with Crippen molar-refractivity contribution >= 4 is 31.8 Å². The van der Waals surface area contributed by atoms with Gasteiger partial charge in [-0.15, -0.1) is 16.4 Å². The maximum absolute atomic E-state index is 12.9. The van der Waals surface area contributed by atoms with Crippen molar-refractivity contribution in [2.75, 3.05) is 7.11 Å². The standard InChI is InChI=1S/C17H14N4O2S/c1-9-7-10(2)18-16-13(9)14-15(24-16)17(22)21(20-19-14)11-5-4-6-12(8-11)23-3/h4-8H,1-3H3. The Bertz CT molecular complexity index is 1150. The second-order valence-corrected chi connectivity index (χ2v) is 6.55. The van der Waals surface area contributed by atoms with Gasteiger partial charge in [-0.2, -0.15) is 4.68 Å². The van der Waals surface area contributed by atoms with Crippen LogP contribution in [0.4, 0.5) is 0 Å². The van der Waals surface area contributed by atoms with Gasteiger partial charge in [-0.05, 0) is 37.6 Å². The molecule has 0 saturated heterocycles. The molecule has 0 spiro atoms. The van der Waals surface area contributed by atoms with Crippen LogP contribution in [-0.2, 0) is 0 Å². The number of thiophene rings is 1. The molecule has 0 unspecified atom stereocenters. The lowest BCUT2D eigenvalue weighted by Gasteiger charge is -2.05. The molecule has 0 amide bonds. The molecule has 0 bridgehead atoms. The van der Waals surface area contributed by atoms with E-state index in [-0.39, 0.29) is 5.56 Å². The van der Waals surface area contributed by atoms with Crippen LogP contribution in [0.3, 0.4) is 0 Å². The Balaban J connectivity index is 2.03. The van der Waals surface area contributed by atoms with E-state index >= 15 is 0 Å². The summed E-state index contributed by atoms with van der Waals surface area (Å²) in [7, 11) is 1.58. The van der Waals surface area contributed by atoms with Gasteiger partial charge >= 0.3 is 0 Å². The Morgan fingerprint density at radius 1 is 1.21 bits per heavy atom. The fourth-order valence-corrected chi connectivity index (χ4v) is 3.96. The zero-order chi connectivity index (χ0) is 16.8. The third-order valence-electron chi connectivity index (χ3n) is 3.88. The maximum Gasteiger partial charge on any atom is 0.292 e. The number of ether oxygens (including phenoxy) is 1. The molecule has 6 nitrogen and oxygen atoms in total. The van der Waals surface area contributed by atoms with Crippen LogP contribution in [0.5, 0.6) is 5.75 Å². The van der Waals surface area contributed by atoms with Gasteiger partial charge in [0.2, 0.25) is 0 Å². The summed E-state index contributed by atoms with van der Waals surface area (Å²) < 4.78 is 7.06. The third-order valence-corrected chi connectivity index (χ3v) is 4.94. The summed E-state index contributed by atoms with van der Waals surface area (Å²) in [6, 6.07) is 9.17. The summed E-state index contributed by atoms with van der Waals surface area (Å²) in [6.07, 6.45) is 0. The van der Waals surface area contributed by atoms with E-state index in [0.29, 0.717) is 21.7 Å². The van der Waals surface area contributed by atoms with E-state index in [1.807, 2.05) is 32.0 Å². The predicted molar refractivity (Wildman–Crippen MR) is 94.3 cm³/mol.